The molecule has 4 nitrogen and oxygen atoms in total. The molecular formula is C15H22N2O2. The Morgan fingerprint density at radius 1 is 1.53 bits per heavy atom. The molecule has 0 aliphatic heterocycles. The van der Waals surface area contributed by atoms with E-state index in [9.17, 15) is 4.79 Å². The van der Waals surface area contributed by atoms with Gasteiger partial charge in [-0.3, -0.25) is 4.79 Å². The summed E-state index contributed by atoms with van der Waals surface area (Å²) in [5.74, 6) is 1.20. The lowest BCUT2D eigenvalue weighted by molar-refractivity contribution is -0.123. The molecule has 1 aliphatic rings. The molecule has 1 saturated carbocycles. The van der Waals surface area contributed by atoms with Crippen molar-refractivity contribution in [3.63, 3.8) is 0 Å². The number of aryl methyl sites for hydroxylation is 1. The van der Waals surface area contributed by atoms with Crippen molar-refractivity contribution in [1.82, 2.24) is 4.98 Å². The van der Waals surface area contributed by atoms with Crippen LogP contribution in [0.15, 0.2) is 18.3 Å². The zero-order valence-corrected chi connectivity index (χ0v) is 11.7. The van der Waals surface area contributed by atoms with Crippen LogP contribution < -0.4 is 5.32 Å². The maximum atomic E-state index is 11.8. The maximum absolute atomic E-state index is 11.8. The monoisotopic (exact) mass is 262 g/mol. The number of anilines is 1. The van der Waals surface area contributed by atoms with E-state index in [0.29, 0.717) is 11.7 Å². The van der Waals surface area contributed by atoms with E-state index in [-0.39, 0.29) is 18.6 Å². The molecule has 2 rings (SSSR count). The number of carbonyl (C=O) groups excluding carboxylic acids is 1. The third-order valence-corrected chi connectivity index (χ3v) is 3.61. The lowest BCUT2D eigenvalue weighted by atomic mass is 9.89. The van der Waals surface area contributed by atoms with Crippen LogP contribution in [-0.4, -0.2) is 23.6 Å². The van der Waals surface area contributed by atoms with Crippen LogP contribution in [-0.2, 0) is 9.53 Å². The van der Waals surface area contributed by atoms with E-state index in [1.54, 1.807) is 6.20 Å². The number of nitrogens with one attached hydrogen (secondary N) is 1. The van der Waals surface area contributed by atoms with Gasteiger partial charge in [0.1, 0.15) is 12.4 Å². The number of hydrogen-bond acceptors (Lipinski definition) is 3. The number of ether oxygens (including phenoxy) is 1. The largest absolute Gasteiger partial charge is 0.368 e. The molecule has 0 spiro atoms. The highest BCUT2D eigenvalue weighted by Gasteiger charge is 2.20. The first kappa shape index (κ1) is 14.0. The maximum Gasteiger partial charge on any atom is 0.251 e. The highest BCUT2D eigenvalue weighted by atomic mass is 16.5. The van der Waals surface area contributed by atoms with Crippen molar-refractivity contribution in [3.05, 3.63) is 23.9 Å². The smallest absolute Gasteiger partial charge is 0.251 e. The van der Waals surface area contributed by atoms with E-state index in [0.717, 1.165) is 18.4 Å². The number of hydrogen-bond donors (Lipinski definition) is 1. The van der Waals surface area contributed by atoms with Gasteiger partial charge < -0.3 is 10.1 Å². The van der Waals surface area contributed by atoms with Gasteiger partial charge in [0, 0.05) is 6.20 Å². The van der Waals surface area contributed by atoms with Crippen LogP contribution in [0.3, 0.4) is 0 Å². The summed E-state index contributed by atoms with van der Waals surface area (Å²) in [6, 6.07) is 3.77. The zero-order chi connectivity index (χ0) is 13.7. The summed E-state index contributed by atoms with van der Waals surface area (Å²) < 4.78 is 5.69. The van der Waals surface area contributed by atoms with Crippen LogP contribution in [0.1, 0.15) is 38.2 Å². The van der Waals surface area contributed by atoms with Crippen LogP contribution in [0.4, 0.5) is 5.82 Å². The molecule has 2 unspecified atom stereocenters. The molecule has 1 amide bonds. The molecule has 1 fully saturated rings. The van der Waals surface area contributed by atoms with Crippen molar-refractivity contribution < 1.29 is 9.53 Å². The summed E-state index contributed by atoms with van der Waals surface area (Å²) >= 11 is 0. The molecule has 19 heavy (non-hydrogen) atoms. The van der Waals surface area contributed by atoms with E-state index >= 15 is 0 Å². The van der Waals surface area contributed by atoms with Gasteiger partial charge in [-0.25, -0.2) is 4.98 Å². The second-order valence-corrected chi connectivity index (χ2v) is 5.42. The molecule has 2 atom stereocenters. The van der Waals surface area contributed by atoms with Gasteiger partial charge in [0.05, 0.1) is 6.10 Å². The lowest BCUT2D eigenvalue weighted by Gasteiger charge is -2.26. The van der Waals surface area contributed by atoms with Crippen molar-refractivity contribution in [2.24, 2.45) is 5.92 Å². The van der Waals surface area contributed by atoms with Gasteiger partial charge in [0.25, 0.3) is 5.91 Å². The quantitative estimate of drug-likeness (QED) is 0.907. The van der Waals surface area contributed by atoms with Gasteiger partial charge in [-0.1, -0.05) is 25.8 Å². The molecule has 1 heterocycles. The molecule has 0 aromatic carbocycles. The Balaban J connectivity index is 1.77. The lowest BCUT2D eigenvalue weighted by Crippen LogP contribution is -2.27. The van der Waals surface area contributed by atoms with Crippen LogP contribution in [0, 0.1) is 12.8 Å². The number of amides is 1. The highest BCUT2D eigenvalue weighted by Crippen LogP contribution is 2.25. The van der Waals surface area contributed by atoms with Crippen LogP contribution in [0.2, 0.25) is 0 Å². The van der Waals surface area contributed by atoms with Gasteiger partial charge in [-0.2, -0.15) is 0 Å². The minimum atomic E-state index is -0.125. The van der Waals surface area contributed by atoms with Gasteiger partial charge >= 0.3 is 0 Å². The van der Waals surface area contributed by atoms with Gasteiger partial charge in [0.2, 0.25) is 0 Å². The molecule has 0 bridgehead atoms. The summed E-state index contributed by atoms with van der Waals surface area (Å²) in [7, 11) is 0. The third-order valence-electron chi connectivity index (χ3n) is 3.61. The fourth-order valence-corrected chi connectivity index (χ4v) is 2.51. The number of carbonyl (C=O) groups is 1. The fraction of sp³-hybridized carbons (Fsp3) is 0.600. The van der Waals surface area contributed by atoms with E-state index < -0.39 is 0 Å². The first-order chi connectivity index (χ1) is 9.15. The Morgan fingerprint density at radius 3 is 3.11 bits per heavy atom. The Bertz CT molecular complexity index is 434. The molecule has 1 aromatic heterocycles. The van der Waals surface area contributed by atoms with Crippen molar-refractivity contribution in [2.45, 2.75) is 45.6 Å². The average Bonchev–Trinajstić information content (AvgIpc) is 2.39. The SMILES string of the molecule is Cc1cccnc1NC(=O)COC1CCCC(C)C1. The van der Waals surface area contributed by atoms with Crippen LogP contribution in [0.5, 0.6) is 0 Å². The molecule has 4 heteroatoms. The van der Waals surface area contributed by atoms with Crippen LogP contribution >= 0.6 is 0 Å². The number of aromatic nitrogens is 1. The molecule has 104 valence electrons. The average molecular weight is 262 g/mol. The normalized spacial score (nSPS) is 23.1. The Kier molecular flexibility index (Phi) is 4.91. The first-order valence-electron chi connectivity index (χ1n) is 6.98. The van der Waals surface area contributed by atoms with Crippen molar-refractivity contribution >= 4 is 11.7 Å². The summed E-state index contributed by atoms with van der Waals surface area (Å²) in [5, 5.41) is 2.79. The Labute approximate surface area is 114 Å². The van der Waals surface area contributed by atoms with Crippen molar-refractivity contribution in [2.75, 3.05) is 11.9 Å². The number of nitrogens with zero attached hydrogens (tertiary/aromatic N) is 1. The molecular weight excluding hydrogens is 240 g/mol. The predicted octanol–water partition coefficient (Wildman–Crippen LogP) is 2.92. The third kappa shape index (κ3) is 4.31. The topological polar surface area (TPSA) is 51.2 Å². The zero-order valence-electron chi connectivity index (χ0n) is 11.7. The van der Waals surface area contributed by atoms with E-state index in [4.69, 9.17) is 4.74 Å². The Morgan fingerprint density at radius 2 is 2.37 bits per heavy atom. The fourth-order valence-electron chi connectivity index (χ4n) is 2.51. The molecule has 1 aliphatic carbocycles. The Hall–Kier alpha value is -1.42. The minimum Gasteiger partial charge on any atom is -0.368 e. The number of pyridine rings is 1. The van der Waals surface area contributed by atoms with Gasteiger partial charge in [0.15, 0.2) is 0 Å². The summed E-state index contributed by atoms with van der Waals surface area (Å²) in [5.41, 5.74) is 0.960. The number of rotatable bonds is 4. The molecule has 1 N–H and O–H groups in total. The summed E-state index contributed by atoms with van der Waals surface area (Å²) in [6.45, 7) is 4.28. The molecule has 0 radical (unpaired) electrons. The van der Waals surface area contributed by atoms with E-state index in [2.05, 4.69) is 17.2 Å². The predicted molar refractivity (Wildman–Crippen MR) is 75.0 cm³/mol. The van der Waals surface area contributed by atoms with E-state index in [1.165, 1.54) is 12.8 Å². The first-order valence-corrected chi connectivity index (χ1v) is 6.98. The summed E-state index contributed by atoms with van der Waals surface area (Å²) in [6.07, 6.45) is 6.52. The van der Waals surface area contributed by atoms with Crippen molar-refractivity contribution in [3.8, 4) is 0 Å². The van der Waals surface area contributed by atoms with Crippen LogP contribution in [0.25, 0.3) is 0 Å². The van der Waals surface area contributed by atoms with Gasteiger partial charge in [-0.05, 0) is 37.3 Å². The van der Waals surface area contributed by atoms with Gasteiger partial charge in [-0.15, -0.1) is 0 Å². The van der Waals surface area contributed by atoms with E-state index in [1.807, 2.05) is 19.1 Å². The summed E-state index contributed by atoms with van der Waals surface area (Å²) in [4.78, 5) is 16.0. The van der Waals surface area contributed by atoms with Crippen molar-refractivity contribution in [1.29, 1.82) is 0 Å². The molecule has 0 saturated heterocycles. The molecule has 1 aromatic rings. The highest BCUT2D eigenvalue weighted by molar-refractivity contribution is 5.91. The second-order valence-electron chi connectivity index (χ2n) is 5.42. The standard InChI is InChI=1S/C15H22N2O2/c1-11-5-3-7-13(9-11)19-10-14(18)17-15-12(2)6-4-8-16-15/h4,6,8,11,13H,3,5,7,9-10H2,1-2H3,(H,16,17,18). The minimum absolute atomic E-state index is 0.118. The second kappa shape index (κ2) is 6.66.